The van der Waals surface area contributed by atoms with Crippen molar-refractivity contribution in [3.05, 3.63) is 52.3 Å². The van der Waals surface area contributed by atoms with Crippen LogP contribution in [0.25, 0.3) is 0 Å². The van der Waals surface area contributed by atoms with Gasteiger partial charge in [-0.1, -0.05) is 24.3 Å². The molecule has 0 radical (unpaired) electrons. The van der Waals surface area contributed by atoms with Crippen LogP contribution < -0.4 is 0 Å². The average molecular weight is 325 g/mol. The Morgan fingerprint density at radius 1 is 1.33 bits per heavy atom. The lowest BCUT2D eigenvalue weighted by molar-refractivity contribution is -0.133. The highest BCUT2D eigenvalue weighted by atomic mass is 16.2. The number of aromatic nitrogens is 2. The van der Waals surface area contributed by atoms with Gasteiger partial charge in [-0.2, -0.15) is 5.10 Å². The highest BCUT2D eigenvalue weighted by Gasteiger charge is 2.31. The smallest absolute Gasteiger partial charge is 0.230 e. The van der Waals surface area contributed by atoms with Crippen LogP contribution in [0.15, 0.2) is 24.3 Å². The van der Waals surface area contributed by atoms with Crippen LogP contribution in [0.4, 0.5) is 0 Å². The Balaban J connectivity index is 1.88. The number of likely N-dealkylation sites (N-methyl/N-ethyl adjacent to an activating group) is 1. The Morgan fingerprint density at radius 3 is 2.71 bits per heavy atom. The van der Waals surface area contributed by atoms with Crippen LogP contribution in [0.1, 0.15) is 59.8 Å². The van der Waals surface area contributed by atoms with Gasteiger partial charge in [0, 0.05) is 25.4 Å². The van der Waals surface area contributed by atoms with Gasteiger partial charge >= 0.3 is 0 Å². The highest BCUT2D eigenvalue weighted by Crippen LogP contribution is 2.35. The fraction of sp³-hybridized carbons (Fsp3) is 0.500. The number of aryl methyl sites for hydroxylation is 3. The summed E-state index contributed by atoms with van der Waals surface area (Å²) in [6.45, 7) is 6.03. The SMILES string of the molecule is Cc1nn(C)c(C)c1[C@H](C)C(=O)N(C)[C@H]1CCCc2ccccc21. The lowest BCUT2D eigenvalue weighted by Gasteiger charge is -2.35. The number of amides is 1. The molecular weight excluding hydrogens is 298 g/mol. The zero-order chi connectivity index (χ0) is 17.4. The average Bonchev–Trinajstić information content (AvgIpc) is 2.84. The molecule has 0 aliphatic heterocycles. The summed E-state index contributed by atoms with van der Waals surface area (Å²) in [5.41, 5.74) is 5.79. The van der Waals surface area contributed by atoms with E-state index in [0.717, 1.165) is 36.2 Å². The summed E-state index contributed by atoms with van der Waals surface area (Å²) in [4.78, 5) is 15.1. The molecule has 1 heterocycles. The second-order valence-corrected chi connectivity index (χ2v) is 6.99. The summed E-state index contributed by atoms with van der Waals surface area (Å²) < 4.78 is 1.87. The van der Waals surface area contributed by atoms with Crippen molar-refractivity contribution in [1.29, 1.82) is 0 Å². The second kappa shape index (κ2) is 6.42. The van der Waals surface area contributed by atoms with Gasteiger partial charge < -0.3 is 4.90 Å². The van der Waals surface area contributed by atoms with Gasteiger partial charge in [-0.25, -0.2) is 0 Å². The molecule has 24 heavy (non-hydrogen) atoms. The Hall–Kier alpha value is -2.10. The normalized spacial score (nSPS) is 18.1. The van der Waals surface area contributed by atoms with Gasteiger partial charge in [0.15, 0.2) is 0 Å². The number of hydrogen-bond acceptors (Lipinski definition) is 2. The first kappa shape index (κ1) is 16.7. The zero-order valence-electron chi connectivity index (χ0n) is 15.3. The number of carbonyl (C=O) groups is 1. The first-order chi connectivity index (χ1) is 11.4. The molecule has 4 nitrogen and oxygen atoms in total. The van der Waals surface area contributed by atoms with Gasteiger partial charge in [-0.05, 0) is 51.2 Å². The summed E-state index contributed by atoms with van der Waals surface area (Å²) in [7, 11) is 3.89. The largest absolute Gasteiger partial charge is 0.338 e. The number of fused-ring (bicyclic) bond motifs is 1. The van der Waals surface area contributed by atoms with Crippen molar-refractivity contribution in [2.24, 2.45) is 7.05 Å². The monoisotopic (exact) mass is 325 g/mol. The van der Waals surface area contributed by atoms with E-state index in [0.29, 0.717) is 0 Å². The van der Waals surface area contributed by atoms with E-state index < -0.39 is 0 Å². The molecule has 2 atom stereocenters. The molecule has 4 heteroatoms. The van der Waals surface area contributed by atoms with E-state index >= 15 is 0 Å². The topological polar surface area (TPSA) is 38.1 Å². The minimum Gasteiger partial charge on any atom is -0.338 e. The summed E-state index contributed by atoms with van der Waals surface area (Å²) >= 11 is 0. The lowest BCUT2D eigenvalue weighted by Crippen LogP contribution is -2.36. The predicted octanol–water partition coefficient (Wildman–Crippen LogP) is 3.68. The quantitative estimate of drug-likeness (QED) is 0.863. The van der Waals surface area contributed by atoms with E-state index in [1.54, 1.807) is 0 Å². The van der Waals surface area contributed by atoms with E-state index in [4.69, 9.17) is 0 Å². The third kappa shape index (κ3) is 2.74. The third-order valence-corrected chi connectivity index (χ3v) is 5.52. The van der Waals surface area contributed by atoms with Crippen molar-refractivity contribution >= 4 is 5.91 Å². The molecule has 1 amide bonds. The first-order valence-corrected chi connectivity index (χ1v) is 8.76. The summed E-state index contributed by atoms with van der Waals surface area (Å²) in [6, 6.07) is 8.72. The molecule has 1 aliphatic rings. The van der Waals surface area contributed by atoms with Crippen molar-refractivity contribution in [2.45, 2.75) is 52.0 Å². The number of hydrogen-bond donors (Lipinski definition) is 0. The Kier molecular flexibility index (Phi) is 4.48. The van der Waals surface area contributed by atoms with Crippen LogP contribution in [0, 0.1) is 13.8 Å². The Labute approximate surface area is 144 Å². The van der Waals surface area contributed by atoms with E-state index in [2.05, 4.69) is 29.4 Å². The van der Waals surface area contributed by atoms with Crippen LogP contribution in [0.2, 0.25) is 0 Å². The first-order valence-electron chi connectivity index (χ1n) is 8.76. The molecule has 1 aliphatic carbocycles. The van der Waals surface area contributed by atoms with Gasteiger partial charge in [-0.15, -0.1) is 0 Å². The molecule has 0 N–H and O–H groups in total. The Morgan fingerprint density at radius 2 is 2.04 bits per heavy atom. The van der Waals surface area contributed by atoms with Crippen molar-refractivity contribution in [3.63, 3.8) is 0 Å². The van der Waals surface area contributed by atoms with Gasteiger partial charge in [0.05, 0.1) is 17.7 Å². The van der Waals surface area contributed by atoms with E-state index in [1.165, 1.54) is 11.1 Å². The van der Waals surface area contributed by atoms with E-state index in [-0.39, 0.29) is 17.9 Å². The standard InChI is InChI=1S/C20H27N3O/c1-13(19-14(2)21-23(5)15(19)3)20(24)22(4)18-12-8-10-16-9-6-7-11-17(16)18/h6-7,9,11,13,18H,8,10,12H2,1-5H3/t13-,18-/m0/s1. The maximum absolute atomic E-state index is 13.2. The van der Waals surface area contributed by atoms with Crippen molar-refractivity contribution in [1.82, 2.24) is 14.7 Å². The van der Waals surface area contributed by atoms with E-state index in [1.807, 2.05) is 44.4 Å². The summed E-state index contributed by atoms with van der Waals surface area (Å²) in [6.07, 6.45) is 3.29. The number of nitrogens with zero attached hydrogens (tertiary/aromatic N) is 3. The van der Waals surface area contributed by atoms with Gasteiger partial charge in [0.25, 0.3) is 0 Å². The fourth-order valence-corrected chi connectivity index (χ4v) is 4.13. The fourth-order valence-electron chi connectivity index (χ4n) is 4.13. The molecule has 0 unspecified atom stereocenters. The third-order valence-electron chi connectivity index (χ3n) is 5.52. The molecule has 2 aromatic rings. The Bertz CT molecular complexity index is 762. The lowest BCUT2D eigenvalue weighted by atomic mass is 9.86. The minimum atomic E-state index is -0.169. The van der Waals surface area contributed by atoms with Crippen LogP contribution >= 0.6 is 0 Å². The molecule has 0 saturated carbocycles. The van der Waals surface area contributed by atoms with E-state index in [9.17, 15) is 4.79 Å². The van der Waals surface area contributed by atoms with Crippen LogP contribution in [-0.2, 0) is 18.3 Å². The molecule has 3 rings (SSSR count). The maximum Gasteiger partial charge on any atom is 0.230 e. The molecule has 128 valence electrons. The predicted molar refractivity (Wildman–Crippen MR) is 96.0 cm³/mol. The van der Waals surface area contributed by atoms with Crippen LogP contribution in [0.5, 0.6) is 0 Å². The van der Waals surface area contributed by atoms with Gasteiger partial charge in [-0.3, -0.25) is 9.48 Å². The molecule has 0 saturated heterocycles. The van der Waals surface area contributed by atoms with Gasteiger partial charge in [0.2, 0.25) is 5.91 Å². The molecule has 1 aromatic carbocycles. The number of benzene rings is 1. The van der Waals surface area contributed by atoms with Crippen LogP contribution in [-0.4, -0.2) is 27.6 Å². The molecule has 1 aromatic heterocycles. The van der Waals surface area contributed by atoms with Gasteiger partial charge in [0.1, 0.15) is 0 Å². The zero-order valence-corrected chi connectivity index (χ0v) is 15.3. The second-order valence-electron chi connectivity index (χ2n) is 6.99. The number of carbonyl (C=O) groups excluding carboxylic acids is 1. The minimum absolute atomic E-state index is 0.169. The molecule has 0 bridgehead atoms. The maximum atomic E-state index is 13.2. The van der Waals surface area contributed by atoms with Crippen molar-refractivity contribution in [3.8, 4) is 0 Å². The van der Waals surface area contributed by atoms with Crippen molar-refractivity contribution < 1.29 is 4.79 Å². The highest BCUT2D eigenvalue weighted by molar-refractivity contribution is 5.84. The van der Waals surface area contributed by atoms with Crippen molar-refractivity contribution in [2.75, 3.05) is 7.05 Å². The molecular formula is C20H27N3O. The van der Waals surface area contributed by atoms with Crippen LogP contribution in [0.3, 0.4) is 0 Å². The summed E-state index contributed by atoms with van der Waals surface area (Å²) in [5.74, 6) is 0.00805. The molecule has 0 spiro atoms. The number of rotatable bonds is 3. The summed E-state index contributed by atoms with van der Waals surface area (Å²) in [5, 5.41) is 4.47. The molecule has 0 fully saturated rings.